The molecule has 0 aliphatic carbocycles. The van der Waals surface area contributed by atoms with Gasteiger partial charge in [0.05, 0.1) is 0 Å². The van der Waals surface area contributed by atoms with Crippen LogP contribution in [0.2, 0.25) is 0 Å². The summed E-state index contributed by atoms with van der Waals surface area (Å²) in [5.74, 6) is 0.618. The second-order valence-corrected chi connectivity index (χ2v) is 6.88. The minimum atomic E-state index is -0.459. The molecule has 26 heavy (non-hydrogen) atoms. The van der Waals surface area contributed by atoms with E-state index in [0.717, 1.165) is 24.7 Å². The first-order valence-corrected chi connectivity index (χ1v) is 8.91. The van der Waals surface area contributed by atoms with Gasteiger partial charge in [0, 0.05) is 32.4 Å². The molecule has 1 aromatic rings. The van der Waals surface area contributed by atoms with E-state index in [1.807, 2.05) is 30.0 Å². The van der Waals surface area contributed by atoms with Gasteiger partial charge >= 0.3 is 6.03 Å². The van der Waals surface area contributed by atoms with Crippen molar-refractivity contribution < 1.29 is 9.59 Å². The van der Waals surface area contributed by atoms with E-state index >= 15 is 0 Å². The van der Waals surface area contributed by atoms with Crippen molar-refractivity contribution in [1.82, 2.24) is 14.7 Å². The third-order valence-electron chi connectivity index (χ3n) is 5.21. The third-order valence-corrected chi connectivity index (χ3v) is 5.21. The van der Waals surface area contributed by atoms with E-state index in [0.29, 0.717) is 6.54 Å². The number of guanidine groups is 1. The van der Waals surface area contributed by atoms with Gasteiger partial charge in [0.15, 0.2) is 12.2 Å². The maximum Gasteiger partial charge on any atom is 0.328 e. The fraction of sp³-hybridized carbons (Fsp3) is 0.421. The zero-order valence-corrected chi connectivity index (χ0v) is 15.3. The minimum absolute atomic E-state index is 0.166. The molecule has 3 heterocycles. The van der Waals surface area contributed by atoms with E-state index in [4.69, 9.17) is 4.99 Å². The fourth-order valence-corrected chi connectivity index (χ4v) is 3.86. The van der Waals surface area contributed by atoms with Gasteiger partial charge in [0.1, 0.15) is 0 Å². The van der Waals surface area contributed by atoms with E-state index in [9.17, 15) is 9.59 Å². The normalized spacial score (nSPS) is 25.3. The Bertz CT molecular complexity index is 818. The lowest BCUT2D eigenvalue weighted by atomic mass is 10.1. The van der Waals surface area contributed by atoms with Gasteiger partial charge in [-0.25, -0.2) is 9.79 Å². The number of fused-ring (bicyclic) bond motifs is 3. The van der Waals surface area contributed by atoms with E-state index in [1.54, 1.807) is 11.9 Å². The lowest BCUT2D eigenvalue weighted by Gasteiger charge is -2.40. The molecule has 0 spiro atoms. The zero-order valence-electron chi connectivity index (χ0n) is 15.3. The highest BCUT2D eigenvalue weighted by Gasteiger charge is 2.54. The highest BCUT2D eigenvalue weighted by Crippen LogP contribution is 2.33. The molecule has 3 amide bonds. The summed E-state index contributed by atoms with van der Waals surface area (Å²) >= 11 is 0. The molecule has 0 saturated carbocycles. The average Bonchev–Trinajstić information content (AvgIpc) is 3.19. The smallest absolute Gasteiger partial charge is 0.325 e. The Hall–Kier alpha value is -2.83. The molecule has 0 N–H and O–H groups in total. The van der Waals surface area contributed by atoms with Crippen LogP contribution < -0.4 is 4.90 Å². The highest BCUT2D eigenvalue weighted by atomic mass is 16.2. The van der Waals surface area contributed by atoms with Crippen molar-refractivity contribution in [3.05, 3.63) is 42.0 Å². The molecule has 7 heteroatoms. The molecule has 4 rings (SSSR count). The highest BCUT2D eigenvalue weighted by molar-refractivity contribution is 6.08. The van der Waals surface area contributed by atoms with Gasteiger partial charge in [-0.3, -0.25) is 9.69 Å². The van der Waals surface area contributed by atoms with Gasteiger partial charge in [0.25, 0.3) is 5.91 Å². The molecular formula is C19H23N5O2. The Labute approximate surface area is 153 Å². The Morgan fingerprint density at radius 1 is 1.27 bits per heavy atom. The monoisotopic (exact) mass is 353 g/mol. The summed E-state index contributed by atoms with van der Waals surface area (Å²) in [6, 6.07) is 7.52. The molecule has 2 saturated heterocycles. The molecule has 3 aliphatic rings. The summed E-state index contributed by atoms with van der Waals surface area (Å²) in [4.78, 5) is 37.4. The van der Waals surface area contributed by atoms with Crippen molar-refractivity contribution in [1.29, 1.82) is 0 Å². The number of imide groups is 1. The lowest BCUT2D eigenvalue weighted by molar-refractivity contribution is -0.136. The summed E-state index contributed by atoms with van der Waals surface area (Å²) in [7, 11) is 1.72. The van der Waals surface area contributed by atoms with Crippen LogP contribution in [0.5, 0.6) is 0 Å². The zero-order chi connectivity index (χ0) is 18.4. The van der Waals surface area contributed by atoms with Gasteiger partial charge in [0.2, 0.25) is 5.96 Å². The molecule has 0 aromatic heterocycles. The van der Waals surface area contributed by atoms with Crippen molar-refractivity contribution in [3.63, 3.8) is 0 Å². The number of carbonyl (C=O) groups is 2. The third kappa shape index (κ3) is 2.38. The average molecular weight is 353 g/mol. The number of carbonyl (C=O) groups excluding carboxylic acids is 2. The van der Waals surface area contributed by atoms with Crippen LogP contribution in [0.4, 0.5) is 10.5 Å². The molecular weight excluding hydrogens is 330 g/mol. The van der Waals surface area contributed by atoms with E-state index in [-0.39, 0.29) is 11.9 Å². The van der Waals surface area contributed by atoms with Gasteiger partial charge in [-0.2, -0.15) is 0 Å². The second-order valence-electron chi connectivity index (χ2n) is 6.88. The second kappa shape index (κ2) is 6.16. The number of anilines is 1. The number of urea groups is 1. The number of hydrogen-bond acceptors (Lipinski definition) is 5. The molecule has 0 bridgehead atoms. The van der Waals surface area contributed by atoms with E-state index in [1.165, 1.54) is 10.5 Å². The Kier molecular flexibility index (Phi) is 3.94. The topological polar surface area (TPSA) is 59.5 Å². The maximum atomic E-state index is 13.0. The molecule has 136 valence electrons. The number of aryl methyl sites for hydroxylation is 1. The van der Waals surface area contributed by atoms with Crippen LogP contribution in [-0.4, -0.2) is 71.5 Å². The number of aliphatic imine (C=N–C) groups is 1. The van der Waals surface area contributed by atoms with Gasteiger partial charge in [-0.1, -0.05) is 24.3 Å². The van der Waals surface area contributed by atoms with Crippen LogP contribution in [0.15, 0.2) is 41.4 Å². The summed E-state index contributed by atoms with van der Waals surface area (Å²) in [6.45, 7) is 5.74. The molecule has 2 unspecified atom stereocenters. The fourth-order valence-electron chi connectivity index (χ4n) is 3.86. The maximum absolute atomic E-state index is 13.0. The summed E-state index contributed by atoms with van der Waals surface area (Å²) in [5.41, 5.74) is 2.25. The van der Waals surface area contributed by atoms with Gasteiger partial charge < -0.3 is 14.7 Å². The number of rotatable bonds is 3. The summed E-state index contributed by atoms with van der Waals surface area (Å²) in [6.07, 6.45) is 3.21. The lowest BCUT2D eigenvalue weighted by Crippen LogP contribution is -2.64. The van der Waals surface area contributed by atoms with Crippen LogP contribution in [-0.2, 0) is 4.79 Å². The van der Waals surface area contributed by atoms with Crippen LogP contribution >= 0.6 is 0 Å². The molecule has 1 aromatic carbocycles. The number of likely N-dealkylation sites (N-methyl/N-ethyl adjacent to an activating group) is 1. The summed E-state index contributed by atoms with van der Waals surface area (Å²) < 4.78 is 0. The Morgan fingerprint density at radius 2 is 2.08 bits per heavy atom. The Morgan fingerprint density at radius 3 is 2.81 bits per heavy atom. The van der Waals surface area contributed by atoms with Crippen LogP contribution in [0.3, 0.4) is 0 Å². The van der Waals surface area contributed by atoms with Crippen molar-refractivity contribution in [2.75, 3.05) is 31.6 Å². The van der Waals surface area contributed by atoms with Crippen molar-refractivity contribution in [3.8, 4) is 0 Å². The quantitative estimate of drug-likeness (QED) is 0.776. The van der Waals surface area contributed by atoms with Gasteiger partial charge in [-0.15, -0.1) is 0 Å². The number of nitrogens with zero attached hydrogens (tertiary/aromatic N) is 5. The first kappa shape index (κ1) is 16.6. The molecule has 2 fully saturated rings. The van der Waals surface area contributed by atoms with Crippen LogP contribution in [0.1, 0.15) is 12.5 Å². The number of amides is 3. The predicted octanol–water partition coefficient (Wildman–Crippen LogP) is 1.65. The minimum Gasteiger partial charge on any atom is -0.325 e. The number of benzene rings is 1. The molecule has 7 nitrogen and oxygen atoms in total. The first-order valence-electron chi connectivity index (χ1n) is 8.91. The van der Waals surface area contributed by atoms with Crippen molar-refractivity contribution >= 4 is 23.6 Å². The Balaban J connectivity index is 1.66. The predicted molar refractivity (Wildman–Crippen MR) is 99.9 cm³/mol. The van der Waals surface area contributed by atoms with E-state index in [2.05, 4.69) is 30.0 Å². The largest absolute Gasteiger partial charge is 0.328 e. The van der Waals surface area contributed by atoms with E-state index < -0.39 is 12.2 Å². The van der Waals surface area contributed by atoms with Crippen molar-refractivity contribution in [2.24, 2.45) is 4.99 Å². The molecule has 3 aliphatic heterocycles. The van der Waals surface area contributed by atoms with Crippen LogP contribution in [0.25, 0.3) is 0 Å². The van der Waals surface area contributed by atoms with Crippen LogP contribution in [0, 0.1) is 6.92 Å². The first-order chi connectivity index (χ1) is 12.5. The number of hydrogen-bond donors (Lipinski definition) is 0. The molecule has 2 atom stereocenters. The number of allylic oxidation sites excluding steroid dienone is 1. The van der Waals surface area contributed by atoms with Crippen molar-refractivity contribution in [2.45, 2.75) is 26.1 Å². The van der Waals surface area contributed by atoms with Gasteiger partial charge in [-0.05, 0) is 31.5 Å². The summed E-state index contributed by atoms with van der Waals surface area (Å²) in [5, 5.41) is 0. The standard InChI is InChI=1S/C19H23N5O2/c1-4-5-9-24-17(25)15-16(21(3)19(24)26)20-18-22(10-11-23(15)18)14-8-6-7-13(2)12-14/h4-8,12,15-16H,9-11H2,1-3H3/b5-4+. The SMILES string of the molecule is C/C=C/CN1C(=O)C2C(N=C3N(c4cccc(C)c4)CCN32)N(C)C1=O. The molecule has 0 radical (unpaired) electrons.